The predicted molar refractivity (Wildman–Crippen MR) is 102 cm³/mol. The van der Waals surface area contributed by atoms with Crippen LogP contribution in [0.4, 0.5) is 0 Å². The minimum absolute atomic E-state index is 0.0620. The first-order valence-corrected chi connectivity index (χ1v) is 10.4. The molecule has 34 heavy (non-hydrogen) atoms. The Morgan fingerprint density at radius 1 is 0.765 bits per heavy atom. The van der Waals surface area contributed by atoms with Crippen LogP contribution >= 0.6 is 0 Å². The highest BCUT2D eigenvalue weighted by atomic mass is 16.7. The predicted octanol–water partition coefficient (Wildman–Crippen LogP) is -7.73. The van der Waals surface area contributed by atoms with E-state index < -0.39 is 106 Å². The molecule has 2 aliphatic heterocycles. The van der Waals surface area contributed by atoms with E-state index in [1.54, 1.807) is 0 Å². The summed E-state index contributed by atoms with van der Waals surface area (Å²) < 4.78 is 21.0. The summed E-state index contributed by atoms with van der Waals surface area (Å²) in [5.74, 6) is 0. The highest BCUT2D eigenvalue weighted by Gasteiger charge is 2.52. The maximum Gasteiger partial charge on any atom is 0.187 e. The van der Waals surface area contributed by atoms with Crippen molar-refractivity contribution in [2.75, 3.05) is 19.8 Å². The molecule has 2 fully saturated rings. The van der Waals surface area contributed by atoms with Gasteiger partial charge in [0.2, 0.25) is 0 Å². The monoisotopic (exact) mass is 504 g/mol. The van der Waals surface area contributed by atoms with Gasteiger partial charge >= 0.3 is 0 Å². The molecule has 2 aliphatic rings. The van der Waals surface area contributed by atoms with E-state index in [9.17, 15) is 55.9 Å². The van der Waals surface area contributed by atoms with E-state index >= 15 is 0 Å². The van der Waals surface area contributed by atoms with Gasteiger partial charge in [-0.05, 0) is 0 Å². The van der Waals surface area contributed by atoms with Gasteiger partial charge < -0.3 is 79.9 Å². The molecule has 14 atom stereocenters. The topological polar surface area (TPSA) is 277 Å². The molecular formula is C18H32O16. The second-order valence-corrected chi connectivity index (χ2v) is 7.97. The van der Waals surface area contributed by atoms with Crippen LogP contribution in [0, 0.1) is 0 Å². The van der Waals surface area contributed by atoms with Gasteiger partial charge in [0.1, 0.15) is 73.2 Å². The first-order chi connectivity index (χ1) is 16.0. The molecule has 2 heterocycles. The molecule has 0 aromatic rings. The molecule has 0 saturated carbocycles. The Kier molecular flexibility index (Phi) is 11.1. The van der Waals surface area contributed by atoms with E-state index in [4.69, 9.17) is 24.1 Å². The van der Waals surface area contributed by atoms with Crippen molar-refractivity contribution < 1.29 is 79.9 Å². The number of carbonyl (C=O) groups excluding carboxylic acids is 1. The van der Waals surface area contributed by atoms with E-state index in [2.05, 4.69) is 0 Å². The van der Waals surface area contributed by atoms with Crippen LogP contribution in [-0.2, 0) is 23.7 Å². The summed E-state index contributed by atoms with van der Waals surface area (Å²) in [6, 6.07) is 0. The van der Waals surface area contributed by atoms with Crippen LogP contribution in [0.25, 0.3) is 0 Å². The first kappa shape index (κ1) is 29.3. The molecule has 0 aromatic heterocycles. The Morgan fingerprint density at radius 3 is 1.85 bits per heavy atom. The molecule has 2 rings (SSSR count). The molecule has 0 bridgehead atoms. The fraction of sp³-hybridized carbons (Fsp3) is 0.944. The number of carbonyl (C=O) groups is 1. The molecule has 0 spiro atoms. The van der Waals surface area contributed by atoms with Gasteiger partial charge in [-0.3, -0.25) is 0 Å². The minimum Gasteiger partial charge on any atom is -0.394 e. The Labute approximate surface area is 192 Å². The van der Waals surface area contributed by atoms with Crippen LogP contribution in [0.3, 0.4) is 0 Å². The van der Waals surface area contributed by atoms with Gasteiger partial charge in [-0.2, -0.15) is 0 Å². The zero-order chi connectivity index (χ0) is 25.7. The highest BCUT2D eigenvalue weighted by molar-refractivity contribution is 5.56. The lowest BCUT2D eigenvalue weighted by molar-refractivity contribution is -0.368. The average molecular weight is 504 g/mol. The van der Waals surface area contributed by atoms with Crippen molar-refractivity contribution in [1.82, 2.24) is 0 Å². The Hall–Kier alpha value is -0.930. The molecule has 200 valence electrons. The highest BCUT2D eigenvalue weighted by Crippen LogP contribution is 2.30. The minimum atomic E-state index is -2.07. The SMILES string of the molecule is O=C[C@H](O)[C@@H](O[C@H]1O[C@H](CO)[C@@H](O)[C@H](O[C@H]2O[C@H](CO)[C@@H](O)[C@H](O)[C@H]2O)[C@H]1O)[C@H](O)[C@H](O)CO. The quantitative estimate of drug-likeness (QED) is 0.117. The zero-order valence-electron chi connectivity index (χ0n) is 17.7. The second-order valence-electron chi connectivity index (χ2n) is 7.97. The van der Waals surface area contributed by atoms with Crippen LogP contribution in [-0.4, -0.2) is 168 Å². The van der Waals surface area contributed by atoms with Gasteiger partial charge in [0.25, 0.3) is 0 Å². The molecule has 0 aliphatic carbocycles. The van der Waals surface area contributed by atoms with E-state index in [0.717, 1.165) is 0 Å². The zero-order valence-corrected chi connectivity index (χ0v) is 17.7. The summed E-state index contributed by atoms with van der Waals surface area (Å²) in [4.78, 5) is 11.0. The first-order valence-electron chi connectivity index (χ1n) is 10.4. The van der Waals surface area contributed by atoms with Crippen LogP contribution in [0.2, 0.25) is 0 Å². The fourth-order valence-corrected chi connectivity index (χ4v) is 3.58. The van der Waals surface area contributed by atoms with Crippen molar-refractivity contribution >= 4 is 6.29 Å². The van der Waals surface area contributed by atoms with Gasteiger partial charge in [-0.1, -0.05) is 0 Å². The number of hydrogen-bond donors (Lipinski definition) is 11. The van der Waals surface area contributed by atoms with Crippen molar-refractivity contribution in [3.05, 3.63) is 0 Å². The number of ether oxygens (including phenoxy) is 4. The summed E-state index contributed by atoms with van der Waals surface area (Å²) in [7, 11) is 0. The number of rotatable bonds is 11. The summed E-state index contributed by atoms with van der Waals surface area (Å²) in [6.07, 6.45) is -25.7. The molecule has 2 saturated heterocycles. The lowest BCUT2D eigenvalue weighted by atomic mass is 9.96. The molecular weight excluding hydrogens is 472 g/mol. The smallest absolute Gasteiger partial charge is 0.187 e. The number of hydrogen-bond acceptors (Lipinski definition) is 16. The molecule has 0 amide bonds. The van der Waals surface area contributed by atoms with E-state index in [0.29, 0.717) is 0 Å². The van der Waals surface area contributed by atoms with Crippen molar-refractivity contribution in [1.29, 1.82) is 0 Å². The average Bonchev–Trinajstić information content (AvgIpc) is 2.84. The maximum atomic E-state index is 11.0. The third-order valence-corrected chi connectivity index (χ3v) is 5.65. The normalized spacial score (nSPS) is 42.6. The largest absolute Gasteiger partial charge is 0.394 e. The molecule has 0 unspecified atom stereocenters. The lowest BCUT2D eigenvalue weighted by Crippen LogP contribution is -2.65. The van der Waals surface area contributed by atoms with Gasteiger partial charge in [-0.25, -0.2) is 0 Å². The lowest BCUT2D eigenvalue weighted by Gasteiger charge is -2.46. The summed E-state index contributed by atoms with van der Waals surface area (Å²) in [6.45, 7) is -2.64. The van der Waals surface area contributed by atoms with Gasteiger partial charge in [0.05, 0.1) is 19.8 Å². The molecule has 16 heteroatoms. The van der Waals surface area contributed by atoms with Crippen molar-refractivity contribution in [2.45, 2.75) is 85.8 Å². The van der Waals surface area contributed by atoms with Gasteiger partial charge in [0, 0.05) is 0 Å². The number of aliphatic hydroxyl groups excluding tert-OH is 11. The van der Waals surface area contributed by atoms with Gasteiger partial charge in [-0.15, -0.1) is 0 Å². The summed E-state index contributed by atoms with van der Waals surface area (Å²) >= 11 is 0. The Morgan fingerprint density at radius 2 is 1.32 bits per heavy atom. The van der Waals surface area contributed by atoms with E-state index in [1.165, 1.54) is 0 Å². The molecule has 16 nitrogen and oxygen atoms in total. The Bertz CT molecular complexity index is 623. The summed E-state index contributed by atoms with van der Waals surface area (Å²) in [5.41, 5.74) is 0. The van der Waals surface area contributed by atoms with Gasteiger partial charge in [0.15, 0.2) is 18.9 Å². The van der Waals surface area contributed by atoms with Crippen LogP contribution in [0.1, 0.15) is 0 Å². The third-order valence-electron chi connectivity index (χ3n) is 5.65. The second kappa shape index (κ2) is 12.9. The fourth-order valence-electron chi connectivity index (χ4n) is 3.58. The molecule has 0 aromatic carbocycles. The van der Waals surface area contributed by atoms with Crippen molar-refractivity contribution in [3.8, 4) is 0 Å². The molecule has 0 radical (unpaired) electrons. The van der Waals surface area contributed by atoms with Crippen molar-refractivity contribution in [3.63, 3.8) is 0 Å². The third kappa shape index (κ3) is 6.25. The van der Waals surface area contributed by atoms with Crippen LogP contribution in [0.5, 0.6) is 0 Å². The standard InChI is InChI=1S/C18H32O16/c19-1-5(23)9(25)15(6(24)2-20)33-18-14(30)16(11(27)8(4-22)32-18)34-17-13(29)12(28)10(26)7(3-21)31-17/h2,5-19,21-30H,1,3-4H2/t5-,6+,7-,8-,9-,10-,11-,12+,13-,14-,15-,16+,17-,18-/m1/s1. The van der Waals surface area contributed by atoms with Crippen LogP contribution < -0.4 is 0 Å². The van der Waals surface area contributed by atoms with E-state index in [-0.39, 0.29) is 6.29 Å². The number of aldehydes is 1. The van der Waals surface area contributed by atoms with Crippen LogP contribution in [0.15, 0.2) is 0 Å². The number of aliphatic hydroxyl groups is 11. The van der Waals surface area contributed by atoms with Crippen molar-refractivity contribution in [2.24, 2.45) is 0 Å². The van der Waals surface area contributed by atoms with E-state index in [1.807, 2.05) is 0 Å². The Balaban J connectivity index is 2.25. The maximum absolute atomic E-state index is 11.0. The molecule has 11 N–H and O–H groups in total. The summed E-state index contributed by atoms with van der Waals surface area (Å²) in [5, 5.41) is 108.